The Morgan fingerprint density at radius 1 is 0.919 bits per heavy atom. The number of Topliss-reactive ketones (excluding diaryl/α,β-unsaturated/α-hetero) is 1. The first-order chi connectivity index (χ1) is 17.8. The Bertz CT molecular complexity index is 1260. The lowest BCUT2D eigenvalue weighted by Crippen LogP contribution is -2.49. The minimum absolute atomic E-state index is 0.128. The Kier molecular flexibility index (Phi) is 7.27. The van der Waals surface area contributed by atoms with E-state index in [-0.39, 0.29) is 11.8 Å². The zero-order valence-electron chi connectivity index (χ0n) is 22.5. The predicted molar refractivity (Wildman–Crippen MR) is 151 cm³/mol. The quantitative estimate of drug-likeness (QED) is 0.446. The Balaban J connectivity index is 1.55. The second kappa shape index (κ2) is 10.6. The van der Waals surface area contributed by atoms with Gasteiger partial charge in [-0.15, -0.1) is 0 Å². The van der Waals surface area contributed by atoms with Crippen LogP contribution in [0.25, 0.3) is 6.08 Å². The molecule has 0 amide bonds. The van der Waals surface area contributed by atoms with Crippen LogP contribution in [-0.2, 0) is 11.3 Å². The maximum Gasteiger partial charge on any atom is 0.167 e. The van der Waals surface area contributed by atoms with Gasteiger partial charge < -0.3 is 9.80 Å². The third kappa shape index (κ3) is 5.68. The standard InChI is InChI=1S/C32H38N4O/c1-24-13-15-25(16-14-24)22-36-23-32(2,3)31(37)28(30(36)26-9-6-5-7-10-26)21-27-11-8-12-29(33-27)35-19-17-34(4)18-20-35/h5-16,21,30H,17-20,22-23H2,1-4H3. The second-order valence-electron chi connectivity index (χ2n) is 11.2. The fourth-order valence-corrected chi connectivity index (χ4v) is 5.52. The summed E-state index contributed by atoms with van der Waals surface area (Å²) in [5.74, 6) is 1.19. The molecule has 1 atom stereocenters. The molecule has 1 unspecified atom stereocenters. The van der Waals surface area contributed by atoms with Crippen LogP contribution in [-0.4, -0.2) is 60.3 Å². The summed E-state index contributed by atoms with van der Waals surface area (Å²) < 4.78 is 0. The highest BCUT2D eigenvalue weighted by molar-refractivity contribution is 6.05. The Morgan fingerprint density at radius 2 is 1.62 bits per heavy atom. The maximum absolute atomic E-state index is 14.0. The Morgan fingerprint density at radius 3 is 2.32 bits per heavy atom. The average molecular weight is 495 g/mol. The van der Waals surface area contributed by atoms with Crippen molar-refractivity contribution in [1.82, 2.24) is 14.8 Å². The van der Waals surface area contributed by atoms with Gasteiger partial charge in [-0.25, -0.2) is 4.98 Å². The van der Waals surface area contributed by atoms with Crippen LogP contribution in [0.1, 0.15) is 42.3 Å². The number of rotatable bonds is 5. The van der Waals surface area contributed by atoms with Crippen molar-refractivity contribution in [3.05, 3.63) is 101 Å². The van der Waals surface area contributed by atoms with Gasteiger partial charge in [-0.1, -0.05) is 80.1 Å². The van der Waals surface area contributed by atoms with Crippen LogP contribution in [0.3, 0.4) is 0 Å². The lowest BCUT2D eigenvalue weighted by molar-refractivity contribution is -0.128. The van der Waals surface area contributed by atoms with E-state index < -0.39 is 5.41 Å². The largest absolute Gasteiger partial charge is 0.354 e. The molecule has 2 fully saturated rings. The van der Waals surface area contributed by atoms with Crippen LogP contribution < -0.4 is 4.90 Å². The van der Waals surface area contributed by atoms with E-state index in [1.807, 2.05) is 18.2 Å². The number of likely N-dealkylation sites (N-methyl/N-ethyl adjacent to an activating group) is 1. The van der Waals surface area contributed by atoms with Crippen molar-refractivity contribution < 1.29 is 4.79 Å². The highest BCUT2D eigenvalue weighted by Crippen LogP contribution is 2.42. The molecule has 0 radical (unpaired) electrons. The third-order valence-corrected chi connectivity index (χ3v) is 7.64. The van der Waals surface area contributed by atoms with Gasteiger partial charge in [0.05, 0.1) is 11.7 Å². The van der Waals surface area contributed by atoms with Gasteiger partial charge in [-0.05, 0) is 43.3 Å². The van der Waals surface area contributed by atoms with Gasteiger partial charge in [-0.2, -0.15) is 0 Å². The van der Waals surface area contributed by atoms with Crippen LogP contribution in [0.15, 0.2) is 78.4 Å². The lowest BCUT2D eigenvalue weighted by atomic mass is 9.74. The second-order valence-corrected chi connectivity index (χ2v) is 11.2. The van der Waals surface area contributed by atoms with Crippen molar-refractivity contribution in [2.45, 2.75) is 33.4 Å². The Hall–Kier alpha value is -3.28. The fourth-order valence-electron chi connectivity index (χ4n) is 5.52. The molecule has 5 nitrogen and oxygen atoms in total. The number of piperidine rings is 1. The molecule has 0 spiro atoms. The van der Waals surface area contributed by atoms with E-state index >= 15 is 0 Å². The SMILES string of the molecule is Cc1ccc(CN2CC(C)(C)C(=O)C(=Cc3cccc(N4CCN(C)CC4)n3)C2c2ccccc2)cc1. The third-order valence-electron chi connectivity index (χ3n) is 7.64. The summed E-state index contributed by atoms with van der Waals surface area (Å²) in [5, 5.41) is 0. The monoisotopic (exact) mass is 494 g/mol. The molecule has 5 heteroatoms. The van der Waals surface area contributed by atoms with Gasteiger partial charge in [-0.3, -0.25) is 9.69 Å². The lowest BCUT2D eigenvalue weighted by Gasteiger charge is -2.44. The first-order valence-corrected chi connectivity index (χ1v) is 13.3. The summed E-state index contributed by atoms with van der Waals surface area (Å²) in [6.45, 7) is 11.7. The fraction of sp³-hybridized carbons (Fsp3) is 0.375. The van der Waals surface area contributed by atoms with Gasteiger partial charge in [0, 0.05) is 50.3 Å². The molecule has 3 heterocycles. The number of piperazine rings is 1. The van der Waals surface area contributed by atoms with Gasteiger partial charge >= 0.3 is 0 Å². The molecule has 37 heavy (non-hydrogen) atoms. The first kappa shape index (κ1) is 25.4. The van der Waals surface area contributed by atoms with Gasteiger partial charge in [0.25, 0.3) is 0 Å². The van der Waals surface area contributed by atoms with Crippen molar-refractivity contribution >= 4 is 17.7 Å². The molecule has 2 aliphatic rings. The summed E-state index contributed by atoms with van der Waals surface area (Å²) in [5.41, 5.74) is 4.82. The van der Waals surface area contributed by atoms with Crippen molar-refractivity contribution in [3.8, 4) is 0 Å². The zero-order chi connectivity index (χ0) is 26.0. The van der Waals surface area contributed by atoms with Crippen molar-refractivity contribution in [2.75, 3.05) is 44.7 Å². The normalized spacial score (nSPS) is 21.9. The van der Waals surface area contributed by atoms with E-state index in [4.69, 9.17) is 4.98 Å². The van der Waals surface area contributed by atoms with E-state index in [9.17, 15) is 4.79 Å². The molecule has 2 saturated heterocycles. The highest BCUT2D eigenvalue weighted by Gasteiger charge is 2.43. The first-order valence-electron chi connectivity index (χ1n) is 13.3. The summed E-state index contributed by atoms with van der Waals surface area (Å²) in [7, 11) is 2.16. The smallest absolute Gasteiger partial charge is 0.167 e. The number of hydrogen-bond acceptors (Lipinski definition) is 5. The number of likely N-dealkylation sites (tertiary alicyclic amines) is 1. The van der Waals surface area contributed by atoms with E-state index in [1.165, 1.54) is 11.1 Å². The zero-order valence-corrected chi connectivity index (χ0v) is 22.5. The van der Waals surface area contributed by atoms with E-state index in [0.29, 0.717) is 6.54 Å². The number of aromatic nitrogens is 1. The minimum Gasteiger partial charge on any atom is -0.354 e. The number of benzene rings is 2. The van der Waals surface area contributed by atoms with Gasteiger partial charge in [0.2, 0.25) is 0 Å². The minimum atomic E-state index is -0.489. The number of anilines is 1. The summed E-state index contributed by atoms with van der Waals surface area (Å²) >= 11 is 0. The number of carbonyl (C=O) groups excluding carboxylic acids is 1. The van der Waals surface area contributed by atoms with Gasteiger partial charge in [0.1, 0.15) is 5.82 Å². The molecule has 0 aliphatic carbocycles. The van der Waals surface area contributed by atoms with Crippen LogP contribution in [0, 0.1) is 12.3 Å². The molecule has 192 valence electrons. The topological polar surface area (TPSA) is 39.7 Å². The number of pyridine rings is 1. The average Bonchev–Trinajstić information content (AvgIpc) is 2.89. The number of nitrogens with zero attached hydrogens (tertiary/aromatic N) is 4. The molecule has 1 aromatic heterocycles. The van der Waals surface area contributed by atoms with Crippen molar-refractivity contribution in [2.24, 2.45) is 5.41 Å². The Labute approximate surface area is 221 Å². The summed E-state index contributed by atoms with van der Waals surface area (Å²) in [4.78, 5) is 26.1. The molecule has 0 bridgehead atoms. The number of carbonyl (C=O) groups is 1. The molecular formula is C32H38N4O. The van der Waals surface area contributed by atoms with Crippen molar-refractivity contribution in [3.63, 3.8) is 0 Å². The van der Waals surface area contributed by atoms with Crippen molar-refractivity contribution in [1.29, 1.82) is 0 Å². The number of hydrogen-bond donors (Lipinski definition) is 0. The van der Waals surface area contributed by atoms with E-state index in [0.717, 1.165) is 55.4 Å². The molecular weight excluding hydrogens is 456 g/mol. The number of aryl methyl sites for hydroxylation is 1. The molecule has 0 N–H and O–H groups in total. The molecule has 2 aromatic carbocycles. The van der Waals surface area contributed by atoms with Gasteiger partial charge in [0.15, 0.2) is 5.78 Å². The van der Waals surface area contributed by atoms with E-state index in [2.05, 4.69) is 103 Å². The predicted octanol–water partition coefficient (Wildman–Crippen LogP) is 5.38. The highest BCUT2D eigenvalue weighted by atomic mass is 16.1. The molecule has 5 rings (SSSR count). The summed E-state index contributed by atoms with van der Waals surface area (Å²) in [6.07, 6.45) is 2.04. The van der Waals surface area contributed by atoms with Crippen LogP contribution in [0.5, 0.6) is 0 Å². The van der Waals surface area contributed by atoms with Crippen LogP contribution in [0.2, 0.25) is 0 Å². The van der Waals surface area contributed by atoms with Crippen LogP contribution in [0.4, 0.5) is 5.82 Å². The molecule has 3 aromatic rings. The maximum atomic E-state index is 14.0. The summed E-state index contributed by atoms with van der Waals surface area (Å²) in [6, 6.07) is 25.2. The van der Waals surface area contributed by atoms with E-state index in [1.54, 1.807) is 0 Å². The van der Waals surface area contributed by atoms with Crippen LogP contribution >= 0.6 is 0 Å². The molecule has 0 saturated carbocycles. The molecule has 2 aliphatic heterocycles. The number of ketones is 1.